The lowest BCUT2D eigenvalue weighted by molar-refractivity contribution is -0.152. The summed E-state index contributed by atoms with van der Waals surface area (Å²) in [5, 5.41) is 13.3. The average Bonchev–Trinajstić information content (AvgIpc) is 3.24. The highest BCUT2D eigenvalue weighted by Crippen LogP contribution is 2.40. The van der Waals surface area contributed by atoms with Gasteiger partial charge in [0.15, 0.2) is 5.69 Å². The van der Waals surface area contributed by atoms with Crippen molar-refractivity contribution in [1.82, 2.24) is 10.1 Å². The second-order valence-electron chi connectivity index (χ2n) is 6.16. The molecule has 6 heteroatoms. The van der Waals surface area contributed by atoms with Gasteiger partial charge in [0, 0.05) is 25.1 Å². The number of carbonyl (C=O) groups is 2. The van der Waals surface area contributed by atoms with Gasteiger partial charge >= 0.3 is 5.97 Å². The quantitative estimate of drug-likeness (QED) is 0.920. The number of amides is 1. The fourth-order valence-corrected chi connectivity index (χ4v) is 3.03. The topological polar surface area (TPSA) is 83.6 Å². The summed E-state index contributed by atoms with van der Waals surface area (Å²) < 4.78 is 5.21. The van der Waals surface area contributed by atoms with Crippen LogP contribution in [0.25, 0.3) is 0 Å². The van der Waals surface area contributed by atoms with Crippen LogP contribution in [-0.2, 0) is 4.79 Å². The molecule has 0 aromatic carbocycles. The van der Waals surface area contributed by atoms with Crippen LogP contribution >= 0.6 is 0 Å². The Labute approximate surface area is 123 Å². The number of hydrogen-bond donors (Lipinski definition) is 1. The lowest BCUT2D eigenvalue weighted by atomic mass is 9.77. The van der Waals surface area contributed by atoms with Crippen molar-refractivity contribution in [3.8, 4) is 0 Å². The van der Waals surface area contributed by atoms with Crippen LogP contribution in [0.4, 0.5) is 0 Å². The maximum atomic E-state index is 12.5. The van der Waals surface area contributed by atoms with Crippen molar-refractivity contribution in [2.45, 2.75) is 44.9 Å². The van der Waals surface area contributed by atoms with Gasteiger partial charge in [-0.3, -0.25) is 9.59 Å². The average molecular weight is 292 g/mol. The van der Waals surface area contributed by atoms with Gasteiger partial charge in [0.25, 0.3) is 5.91 Å². The number of carboxylic acid groups (broad SMARTS) is 1. The smallest absolute Gasteiger partial charge is 0.311 e. The molecule has 2 heterocycles. The second-order valence-corrected chi connectivity index (χ2v) is 6.16. The van der Waals surface area contributed by atoms with E-state index < -0.39 is 11.4 Å². The minimum absolute atomic E-state index is 0.218. The van der Waals surface area contributed by atoms with E-state index in [0.717, 1.165) is 18.6 Å². The summed E-state index contributed by atoms with van der Waals surface area (Å²) in [6.07, 6.45) is 4.03. The molecule has 1 saturated carbocycles. The van der Waals surface area contributed by atoms with Crippen molar-refractivity contribution in [2.24, 2.45) is 5.41 Å². The number of carbonyl (C=O) groups excluding carboxylic acids is 1. The largest absolute Gasteiger partial charge is 0.481 e. The summed E-state index contributed by atoms with van der Waals surface area (Å²) in [5.74, 6) is 0.148. The van der Waals surface area contributed by atoms with Gasteiger partial charge in [0.1, 0.15) is 5.76 Å². The molecule has 1 aromatic rings. The van der Waals surface area contributed by atoms with Gasteiger partial charge in [0.05, 0.1) is 5.41 Å². The highest BCUT2D eigenvalue weighted by molar-refractivity contribution is 5.93. The molecular weight excluding hydrogens is 272 g/mol. The molecule has 1 N–H and O–H groups in total. The Morgan fingerprint density at radius 2 is 2.29 bits per heavy atom. The van der Waals surface area contributed by atoms with Crippen LogP contribution in [0, 0.1) is 5.41 Å². The first kappa shape index (κ1) is 14.1. The number of rotatable bonds is 4. The van der Waals surface area contributed by atoms with E-state index >= 15 is 0 Å². The van der Waals surface area contributed by atoms with E-state index in [1.54, 1.807) is 11.0 Å². The summed E-state index contributed by atoms with van der Waals surface area (Å²) in [6.45, 7) is 2.70. The lowest BCUT2D eigenvalue weighted by Crippen LogP contribution is -2.49. The van der Waals surface area contributed by atoms with Crippen molar-refractivity contribution < 1.29 is 19.2 Å². The molecule has 1 aromatic heterocycles. The molecular formula is C15H20N2O4. The number of likely N-dealkylation sites (tertiary alicyclic amines) is 1. The van der Waals surface area contributed by atoms with E-state index in [1.165, 1.54) is 0 Å². The first-order chi connectivity index (χ1) is 10.1. The summed E-state index contributed by atoms with van der Waals surface area (Å²) >= 11 is 0. The minimum atomic E-state index is -0.822. The fraction of sp³-hybridized carbons (Fsp3) is 0.667. The number of hydrogen-bond acceptors (Lipinski definition) is 4. The van der Waals surface area contributed by atoms with Crippen LogP contribution in [0.15, 0.2) is 10.6 Å². The van der Waals surface area contributed by atoms with Crippen molar-refractivity contribution in [2.75, 3.05) is 13.1 Å². The molecule has 1 aliphatic carbocycles. The molecule has 3 rings (SSSR count). The molecule has 2 aliphatic rings. The van der Waals surface area contributed by atoms with E-state index in [2.05, 4.69) is 5.16 Å². The molecule has 0 radical (unpaired) electrons. The van der Waals surface area contributed by atoms with Crippen molar-refractivity contribution in [3.63, 3.8) is 0 Å². The molecule has 1 aliphatic heterocycles. The van der Waals surface area contributed by atoms with Crippen molar-refractivity contribution in [3.05, 3.63) is 17.5 Å². The Balaban J connectivity index is 1.75. The van der Waals surface area contributed by atoms with Crippen LogP contribution in [0.3, 0.4) is 0 Å². The molecule has 0 bridgehead atoms. The Morgan fingerprint density at radius 1 is 1.52 bits per heavy atom. The highest BCUT2D eigenvalue weighted by Gasteiger charge is 2.42. The number of piperidine rings is 1. The third-order valence-electron chi connectivity index (χ3n) is 4.72. The van der Waals surface area contributed by atoms with Crippen molar-refractivity contribution in [1.29, 1.82) is 0 Å². The first-order valence-electron chi connectivity index (χ1n) is 7.55. The monoisotopic (exact) mass is 292 g/mol. The SMILES string of the molecule is CCC1(C(=O)O)CCCN(C(=O)c2cc(C3CC3)on2)C1. The van der Waals surface area contributed by atoms with E-state index in [-0.39, 0.29) is 12.5 Å². The maximum absolute atomic E-state index is 12.5. The summed E-state index contributed by atoms with van der Waals surface area (Å²) in [7, 11) is 0. The number of nitrogens with zero attached hydrogens (tertiary/aromatic N) is 2. The summed E-state index contributed by atoms with van der Waals surface area (Å²) in [6, 6.07) is 1.71. The Kier molecular flexibility index (Phi) is 3.47. The molecule has 1 saturated heterocycles. The van der Waals surface area contributed by atoms with Gasteiger partial charge in [-0.25, -0.2) is 0 Å². The number of carboxylic acids is 1. The van der Waals surface area contributed by atoms with E-state index in [4.69, 9.17) is 4.52 Å². The van der Waals surface area contributed by atoms with Gasteiger partial charge < -0.3 is 14.5 Å². The van der Waals surface area contributed by atoms with Crippen LogP contribution in [0.1, 0.15) is 61.2 Å². The standard InChI is InChI=1S/C15H20N2O4/c1-2-15(14(19)20)6-3-7-17(9-15)13(18)11-8-12(21-16-11)10-4-5-10/h8,10H,2-7,9H2,1H3,(H,19,20). The van der Waals surface area contributed by atoms with Gasteiger partial charge in [-0.2, -0.15) is 0 Å². The minimum Gasteiger partial charge on any atom is -0.481 e. The molecule has 1 amide bonds. The zero-order chi connectivity index (χ0) is 15.0. The normalized spacial score (nSPS) is 25.9. The van der Waals surface area contributed by atoms with Crippen LogP contribution in [-0.4, -0.2) is 40.1 Å². The van der Waals surface area contributed by atoms with Crippen LogP contribution in [0.2, 0.25) is 0 Å². The molecule has 21 heavy (non-hydrogen) atoms. The first-order valence-corrected chi connectivity index (χ1v) is 7.55. The second kappa shape index (κ2) is 5.16. The molecule has 1 atom stereocenters. The zero-order valence-electron chi connectivity index (χ0n) is 12.2. The molecule has 1 unspecified atom stereocenters. The molecule has 6 nitrogen and oxygen atoms in total. The van der Waals surface area contributed by atoms with Gasteiger partial charge in [-0.1, -0.05) is 12.1 Å². The Bertz CT molecular complexity index is 564. The molecule has 114 valence electrons. The zero-order valence-corrected chi connectivity index (χ0v) is 12.2. The Morgan fingerprint density at radius 3 is 2.90 bits per heavy atom. The number of aliphatic carboxylic acids is 1. The third kappa shape index (κ3) is 2.54. The maximum Gasteiger partial charge on any atom is 0.311 e. The van der Waals surface area contributed by atoms with E-state index in [1.807, 2.05) is 6.92 Å². The van der Waals surface area contributed by atoms with Crippen molar-refractivity contribution >= 4 is 11.9 Å². The summed E-state index contributed by atoms with van der Waals surface area (Å²) in [4.78, 5) is 25.6. The van der Waals surface area contributed by atoms with Gasteiger partial charge in [0.2, 0.25) is 0 Å². The molecule has 0 spiro atoms. The van der Waals surface area contributed by atoms with Crippen LogP contribution < -0.4 is 0 Å². The number of aromatic nitrogens is 1. The van der Waals surface area contributed by atoms with E-state index in [0.29, 0.717) is 37.4 Å². The fourth-order valence-electron chi connectivity index (χ4n) is 3.03. The third-order valence-corrected chi connectivity index (χ3v) is 4.72. The summed E-state index contributed by atoms with van der Waals surface area (Å²) in [5.41, 5.74) is -0.522. The van der Waals surface area contributed by atoms with E-state index in [9.17, 15) is 14.7 Å². The lowest BCUT2D eigenvalue weighted by Gasteiger charge is -2.39. The highest BCUT2D eigenvalue weighted by atomic mass is 16.5. The molecule has 2 fully saturated rings. The van der Waals surface area contributed by atoms with Gasteiger partial charge in [-0.15, -0.1) is 0 Å². The Hall–Kier alpha value is -1.85. The predicted molar refractivity (Wildman–Crippen MR) is 74.0 cm³/mol. The van der Waals surface area contributed by atoms with Crippen LogP contribution in [0.5, 0.6) is 0 Å². The predicted octanol–water partition coefficient (Wildman–Crippen LogP) is 2.27. The van der Waals surface area contributed by atoms with Gasteiger partial charge in [-0.05, 0) is 32.1 Å².